The fourth-order valence-electron chi connectivity index (χ4n) is 4.90. The molecule has 0 aliphatic heterocycles. The van der Waals surface area contributed by atoms with Crippen LogP contribution in [0.5, 0.6) is 11.5 Å². The summed E-state index contributed by atoms with van der Waals surface area (Å²) >= 11 is 0. The highest BCUT2D eigenvalue weighted by atomic mass is 32.2. The summed E-state index contributed by atoms with van der Waals surface area (Å²) in [5, 5.41) is 3.13. The van der Waals surface area contributed by atoms with Crippen LogP contribution in [0.3, 0.4) is 0 Å². The number of para-hydroxylation sites is 2. The molecule has 10 heteroatoms. The van der Waals surface area contributed by atoms with Crippen molar-refractivity contribution in [1.29, 1.82) is 0 Å². The summed E-state index contributed by atoms with van der Waals surface area (Å²) in [6, 6.07) is 13.7. The number of carbonyl (C=O) groups is 2. The Morgan fingerprint density at radius 2 is 1.67 bits per heavy atom. The highest BCUT2D eigenvalue weighted by molar-refractivity contribution is 7.92. The van der Waals surface area contributed by atoms with Crippen molar-refractivity contribution in [3.8, 4) is 11.5 Å². The lowest BCUT2D eigenvalue weighted by Crippen LogP contribution is -2.50. The number of hydrogen-bond acceptors (Lipinski definition) is 6. The molecule has 0 bridgehead atoms. The second-order valence-electron chi connectivity index (χ2n) is 10.00. The van der Waals surface area contributed by atoms with Gasteiger partial charge in [-0.2, -0.15) is 0 Å². The van der Waals surface area contributed by atoms with Crippen LogP contribution in [-0.2, 0) is 26.2 Å². The molecule has 9 nitrogen and oxygen atoms in total. The Morgan fingerprint density at radius 1 is 1.00 bits per heavy atom. The van der Waals surface area contributed by atoms with E-state index in [4.69, 9.17) is 9.47 Å². The minimum atomic E-state index is -3.62. The Morgan fingerprint density at radius 3 is 2.28 bits per heavy atom. The van der Waals surface area contributed by atoms with Crippen molar-refractivity contribution in [2.75, 3.05) is 31.3 Å². The zero-order valence-electron chi connectivity index (χ0n) is 23.4. The van der Waals surface area contributed by atoms with E-state index in [1.54, 1.807) is 43.2 Å². The Balaban J connectivity index is 1.74. The first-order valence-electron chi connectivity index (χ1n) is 13.5. The standard InChI is InChI=1S/C29H41N3O6S/c1-22(29(34)30-24-11-6-5-7-12-24)31(21-23-16-18-25(37-2)19-17-23)28(33)15-10-20-32(39(4,35)36)26-13-8-9-14-27(26)38-3/h8-9,13-14,16-19,22,24H,5-7,10-12,15,20-21H2,1-4H3,(H,30,34)/t22-/m0/s1. The third kappa shape index (κ3) is 8.61. The van der Waals surface area contributed by atoms with Crippen LogP contribution in [0.15, 0.2) is 48.5 Å². The van der Waals surface area contributed by atoms with Crippen molar-refractivity contribution >= 4 is 27.5 Å². The number of nitrogens with zero attached hydrogens (tertiary/aromatic N) is 2. The van der Waals surface area contributed by atoms with Gasteiger partial charge in [-0.1, -0.05) is 43.5 Å². The van der Waals surface area contributed by atoms with Crippen molar-refractivity contribution in [1.82, 2.24) is 10.2 Å². The number of hydrogen-bond donors (Lipinski definition) is 1. The average Bonchev–Trinajstić information content (AvgIpc) is 2.93. The van der Waals surface area contributed by atoms with E-state index in [2.05, 4.69) is 5.32 Å². The lowest BCUT2D eigenvalue weighted by molar-refractivity contribution is -0.141. The highest BCUT2D eigenvalue weighted by Gasteiger charge is 2.28. The van der Waals surface area contributed by atoms with Crippen molar-refractivity contribution in [2.24, 2.45) is 0 Å². The summed E-state index contributed by atoms with van der Waals surface area (Å²) in [6.45, 7) is 2.10. The first-order valence-corrected chi connectivity index (χ1v) is 15.3. The molecule has 2 amide bonds. The topological polar surface area (TPSA) is 105 Å². The molecular weight excluding hydrogens is 518 g/mol. The number of nitrogens with one attached hydrogen (secondary N) is 1. The maximum Gasteiger partial charge on any atom is 0.242 e. The van der Waals surface area contributed by atoms with Gasteiger partial charge in [-0.15, -0.1) is 0 Å². The Bertz CT molecular complexity index is 1200. The molecule has 0 saturated heterocycles. The van der Waals surface area contributed by atoms with E-state index in [0.717, 1.165) is 37.5 Å². The molecule has 0 radical (unpaired) electrons. The predicted molar refractivity (Wildman–Crippen MR) is 152 cm³/mol. The molecule has 1 N–H and O–H groups in total. The molecule has 1 aliphatic rings. The SMILES string of the molecule is COc1ccc(CN(C(=O)CCCN(c2ccccc2OC)S(C)(=O)=O)[C@@H](C)C(=O)NC2CCCCC2)cc1. The Hall–Kier alpha value is -3.27. The van der Waals surface area contributed by atoms with Gasteiger partial charge in [0.05, 0.1) is 26.2 Å². The van der Waals surface area contributed by atoms with Gasteiger partial charge in [0.15, 0.2) is 0 Å². The van der Waals surface area contributed by atoms with Gasteiger partial charge in [0.1, 0.15) is 17.5 Å². The Kier molecular flexibility index (Phi) is 11.0. The number of sulfonamides is 1. The average molecular weight is 560 g/mol. The quantitative estimate of drug-likeness (QED) is 0.396. The summed E-state index contributed by atoms with van der Waals surface area (Å²) in [7, 11) is -0.541. The lowest BCUT2D eigenvalue weighted by Gasteiger charge is -2.31. The zero-order chi connectivity index (χ0) is 28.4. The summed E-state index contributed by atoms with van der Waals surface area (Å²) in [6.07, 6.45) is 6.77. The number of rotatable bonds is 13. The van der Waals surface area contributed by atoms with Gasteiger partial charge < -0.3 is 19.7 Å². The molecular formula is C29H41N3O6S. The Labute approximate surface area is 232 Å². The summed E-state index contributed by atoms with van der Waals surface area (Å²) in [5.41, 5.74) is 1.29. The van der Waals surface area contributed by atoms with Gasteiger partial charge in [-0.25, -0.2) is 8.42 Å². The van der Waals surface area contributed by atoms with E-state index in [-0.39, 0.29) is 43.8 Å². The monoisotopic (exact) mass is 559 g/mol. The largest absolute Gasteiger partial charge is 0.497 e. The molecule has 39 heavy (non-hydrogen) atoms. The van der Waals surface area contributed by atoms with Gasteiger partial charge in [-0.05, 0) is 56.0 Å². The maximum atomic E-state index is 13.5. The van der Waals surface area contributed by atoms with Crippen LogP contribution in [0.4, 0.5) is 5.69 Å². The van der Waals surface area contributed by atoms with Crippen LogP contribution in [0.2, 0.25) is 0 Å². The van der Waals surface area contributed by atoms with Crippen LogP contribution < -0.4 is 19.1 Å². The summed E-state index contributed by atoms with van der Waals surface area (Å²) in [5.74, 6) is 0.751. The number of methoxy groups -OCH3 is 2. The molecule has 1 saturated carbocycles. The van der Waals surface area contributed by atoms with Gasteiger partial charge >= 0.3 is 0 Å². The van der Waals surface area contributed by atoms with Crippen molar-refractivity contribution in [3.63, 3.8) is 0 Å². The predicted octanol–water partition coefficient (Wildman–Crippen LogP) is 4.12. The highest BCUT2D eigenvalue weighted by Crippen LogP contribution is 2.30. The fourth-order valence-corrected chi connectivity index (χ4v) is 5.87. The van der Waals surface area contributed by atoms with Gasteiger partial charge in [-0.3, -0.25) is 13.9 Å². The maximum absolute atomic E-state index is 13.5. The normalized spacial score (nSPS) is 14.8. The summed E-state index contributed by atoms with van der Waals surface area (Å²) < 4.78 is 37.1. The zero-order valence-corrected chi connectivity index (χ0v) is 24.2. The number of anilines is 1. The molecule has 1 fully saturated rings. The second kappa shape index (κ2) is 14.2. The molecule has 0 aromatic heterocycles. The van der Waals surface area contributed by atoms with E-state index < -0.39 is 16.1 Å². The van der Waals surface area contributed by atoms with Crippen molar-refractivity contribution < 1.29 is 27.5 Å². The van der Waals surface area contributed by atoms with E-state index in [9.17, 15) is 18.0 Å². The van der Waals surface area contributed by atoms with E-state index in [0.29, 0.717) is 17.2 Å². The van der Waals surface area contributed by atoms with Crippen molar-refractivity contribution in [3.05, 3.63) is 54.1 Å². The third-order valence-corrected chi connectivity index (χ3v) is 8.32. The minimum absolute atomic E-state index is 0.0817. The first-order chi connectivity index (χ1) is 18.6. The molecule has 2 aromatic carbocycles. The van der Waals surface area contributed by atoms with Crippen LogP contribution in [0.25, 0.3) is 0 Å². The molecule has 214 valence electrons. The van der Waals surface area contributed by atoms with E-state index >= 15 is 0 Å². The number of benzene rings is 2. The fraction of sp³-hybridized carbons (Fsp3) is 0.517. The number of carbonyl (C=O) groups excluding carboxylic acids is 2. The van der Waals surface area contributed by atoms with E-state index in [1.165, 1.54) is 17.8 Å². The molecule has 0 heterocycles. The van der Waals surface area contributed by atoms with Gasteiger partial charge in [0.25, 0.3) is 0 Å². The molecule has 1 aliphatic carbocycles. The first kappa shape index (κ1) is 30.3. The lowest BCUT2D eigenvalue weighted by atomic mass is 9.95. The number of ether oxygens (including phenoxy) is 2. The van der Waals surface area contributed by atoms with Crippen LogP contribution in [0.1, 0.15) is 57.4 Å². The van der Waals surface area contributed by atoms with Crippen molar-refractivity contribution in [2.45, 2.75) is 70.5 Å². The summed E-state index contributed by atoms with van der Waals surface area (Å²) in [4.78, 5) is 28.3. The van der Waals surface area contributed by atoms with E-state index in [1.807, 2.05) is 24.3 Å². The van der Waals surface area contributed by atoms with Gasteiger partial charge in [0, 0.05) is 25.6 Å². The van der Waals surface area contributed by atoms with Crippen LogP contribution in [-0.4, -0.2) is 64.2 Å². The van der Waals surface area contributed by atoms with Crippen LogP contribution in [0, 0.1) is 0 Å². The molecule has 0 spiro atoms. The molecule has 3 rings (SSSR count). The molecule has 0 unspecified atom stereocenters. The third-order valence-electron chi connectivity index (χ3n) is 7.14. The second-order valence-corrected chi connectivity index (χ2v) is 11.9. The smallest absolute Gasteiger partial charge is 0.242 e. The minimum Gasteiger partial charge on any atom is -0.497 e. The van der Waals surface area contributed by atoms with Gasteiger partial charge in [0.2, 0.25) is 21.8 Å². The number of amides is 2. The van der Waals surface area contributed by atoms with Crippen LogP contribution >= 0.6 is 0 Å². The molecule has 1 atom stereocenters. The molecule has 2 aromatic rings.